The first kappa shape index (κ1) is 15.1. The van der Waals surface area contributed by atoms with Crippen molar-refractivity contribution >= 4 is 17.2 Å². The van der Waals surface area contributed by atoms with Crippen LogP contribution in [-0.4, -0.2) is 24.0 Å². The van der Waals surface area contributed by atoms with E-state index >= 15 is 0 Å². The van der Waals surface area contributed by atoms with Gasteiger partial charge in [-0.15, -0.1) is 17.8 Å². The number of ether oxygens (including phenoxy) is 1. The standard InChI is InChI=1S/C16H16N2O2S/c1-3-9-17-15(19)10-13-11-21-16(18-13)12-5-7-14(8-6-12)20-4-2/h1,5-8,11H,4,9-10H2,2H3,(H,17,19). The molecular weight excluding hydrogens is 284 g/mol. The van der Waals surface area contributed by atoms with Crippen LogP contribution in [0.2, 0.25) is 0 Å². The number of hydrogen-bond donors (Lipinski definition) is 1. The van der Waals surface area contributed by atoms with Gasteiger partial charge >= 0.3 is 0 Å². The van der Waals surface area contributed by atoms with E-state index in [1.54, 1.807) is 0 Å². The first-order chi connectivity index (χ1) is 10.2. The lowest BCUT2D eigenvalue weighted by molar-refractivity contribution is -0.120. The molecule has 1 aromatic heterocycles. The summed E-state index contributed by atoms with van der Waals surface area (Å²) in [5, 5.41) is 5.40. The molecule has 0 saturated heterocycles. The predicted molar refractivity (Wildman–Crippen MR) is 84.3 cm³/mol. The molecule has 108 valence electrons. The highest BCUT2D eigenvalue weighted by Gasteiger charge is 2.08. The monoisotopic (exact) mass is 300 g/mol. The van der Waals surface area contributed by atoms with Gasteiger partial charge in [0, 0.05) is 10.9 Å². The van der Waals surface area contributed by atoms with Gasteiger partial charge in [-0.2, -0.15) is 0 Å². The highest BCUT2D eigenvalue weighted by atomic mass is 32.1. The largest absolute Gasteiger partial charge is 0.494 e. The zero-order valence-corrected chi connectivity index (χ0v) is 12.6. The fraction of sp³-hybridized carbons (Fsp3) is 0.250. The zero-order valence-electron chi connectivity index (χ0n) is 11.8. The molecule has 2 rings (SSSR count). The second-order valence-electron chi connectivity index (χ2n) is 4.26. The molecular formula is C16H16N2O2S. The first-order valence-corrected chi connectivity index (χ1v) is 7.48. The highest BCUT2D eigenvalue weighted by molar-refractivity contribution is 7.13. The summed E-state index contributed by atoms with van der Waals surface area (Å²) in [4.78, 5) is 16.0. The van der Waals surface area contributed by atoms with Crippen LogP contribution in [0.15, 0.2) is 29.6 Å². The topological polar surface area (TPSA) is 51.2 Å². The van der Waals surface area contributed by atoms with Gasteiger partial charge < -0.3 is 10.1 Å². The van der Waals surface area contributed by atoms with Gasteiger partial charge in [-0.25, -0.2) is 4.98 Å². The number of hydrogen-bond acceptors (Lipinski definition) is 4. The second kappa shape index (κ2) is 7.46. The van der Waals surface area contributed by atoms with Crippen LogP contribution in [0.3, 0.4) is 0 Å². The quantitative estimate of drug-likeness (QED) is 0.834. The van der Waals surface area contributed by atoms with Crippen molar-refractivity contribution in [2.45, 2.75) is 13.3 Å². The lowest BCUT2D eigenvalue weighted by atomic mass is 10.2. The van der Waals surface area contributed by atoms with Crippen LogP contribution in [-0.2, 0) is 11.2 Å². The van der Waals surface area contributed by atoms with Gasteiger partial charge in [0.1, 0.15) is 10.8 Å². The Hall–Kier alpha value is -2.32. The molecule has 0 spiro atoms. The number of amides is 1. The van der Waals surface area contributed by atoms with Crippen molar-refractivity contribution in [1.82, 2.24) is 10.3 Å². The van der Waals surface area contributed by atoms with Crippen LogP contribution in [0.25, 0.3) is 10.6 Å². The lowest BCUT2D eigenvalue weighted by Gasteiger charge is -2.03. The minimum atomic E-state index is -0.114. The predicted octanol–water partition coefficient (Wildman–Crippen LogP) is 2.50. The number of benzene rings is 1. The summed E-state index contributed by atoms with van der Waals surface area (Å²) >= 11 is 1.52. The van der Waals surface area contributed by atoms with Gasteiger partial charge in [0.15, 0.2) is 0 Å². The Morgan fingerprint density at radius 1 is 1.43 bits per heavy atom. The van der Waals surface area contributed by atoms with Crippen molar-refractivity contribution < 1.29 is 9.53 Å². The maximum Gasteiger partial charge on any atom is 0.226 e. The molecule has 1 amide bonds. The van der Waals surface area contributed by atoms with Crippen LogP contribution in [0, 0.1) is 12.3 Å². The number of carbonyl (C=O) groups excluding carboxylic acids is 1. The molecule has 1 aromatic carbocycles. The summed E-state index contributed by atoms with van der Waals surface area (Å²) in [6, 6.07) is 7.76. The Labute approximate surface area is 128 Å². The summed E-state index contributed by atoms with van der Waals surface area (Å²) in [6.07, 6.45) is 5.34. The minimum absolute atomic E-state index is 0.114. The van der Waals surface area contributed by atoms with E-state index in [4.69, 9.17) is 11.2 Å². The number of carbonyl (C=O) groups is 1. The smallest absolute Gasteiger partial charge is 0.226 e. The fourth-order valence-corrected chi connectivity index (χ4v) is 2.58. The van der Waals surface area contributed by atoms with Gasteiger partial charge in [-0.3, -0.25) is 4.79 Å². The third-order valence-electron chi connectivity index (χ3n) is 2.69. The number of terminal acetylenes is 1. The molecule has 0 aliphatic heterocycles. The maximum absolute atomic E-state index is 11.6. The molecule has 0 unspecified atom stereocenters. The van der Waals surface area contributed by atoms with Crippen LogP contribution in [0.5, 0.6) is 5.75 Å². The molecule has 0 bridgehead atoms. The van der Waals surface area contributed by atoms with Crippen molar-refractivity contribution in [3.05, 3.63) is 35.3 Å². The Kier molecular flexibility index (Phi) is 5.35. The molecule has 21 heavy (non-hydrogen) atoms. The third kappa shape index (κ3) is 4.33. The summed E-state index contributed by atoms with van der Waals surface area (Å²) in [7, 11) is 0. The average molecular weight is 300 g/mol. The van der Waals surface area contributed by atoms with Crippen molar-refractivity contribution in [1.29, 1.82) is 0 Å². The van der Waals surface area contributed by atoms with E-state index < -0.39 is 0 Å². The number of aromatic nitrogens is 1. The van der Waals surface area contributed by atoms with E-state index in [1.807, 2.05) is 36.6 Å². The molecule has 0 aliphatic carbocycles. The van der Waals surface area contributed by atoms with E-state index in [2.05, 4.69) is 16.2 Å². The second-order valence-corrected chi connectivity index (χ2v) is 5.12. The van der Waals surface area contributed by atoms with E-state index in [-0.39, 0.29) is 18.9 Å². The van der Waals surface area contributed by atoms with Crippen LogP contribution in [0.4, 0.5) is 0 Å². The molecule has 4 nitrogen and oxygen atoms in total. The maximum atomic E-state index is 11.6. The molecule has 1 heterocycles. The van der Waals surface area contributed by atoms with Crippen LogP contribution < -0.4 is 10.1 Å². The van der Waals surface area contributed by atoms with E-state index in [1.165, 1.54) is 11.3 Å². The van der Waals surface area contributed by atoms with Gasteiger partial charge in [-0.1, -0.05) is 5.92 Å². The third-order valence-corrected chi connectivity index (χ3v) is 3.63. The van der Waals surface area contributed by atoms with E-state index in [0.29, 0.717) is 6.61 Å². The number of nitrogens with zero attached hydrogens (tertiary/aromatic N) is 1. The van der Waals surface area contributed by atoms with Gasteiger partial charge in [0.05, 0.1) is 25.3 Å². The Bertz CT molecular complexity index is 641. The SMILES string of the molecule is C#CCNC(=O)Cc1csc(-c2ccc(OCC)cc2)n1. The van der Waals surface area contributed by atoms with E-state index in [9.17, 15) is 4.79 Å². The molecule has 5 heteroatoms. The number of thiazole rings is 1. The van der Waals surface area contributed by atoms with E-state index in [0.717, 1.165) is 22.0 Å². The van der Waals surface area contributed by atoms with Crippen LogP contribution >= 0.6 is 11.3 Å². The number of rotatable bonds is 6. The lowest BCUT2D eigenvalue weighted by Crippen LogP contribution is -2.25. The van der Waals surface area contributed by atoms with Crippen molar-refractivity contribution in [3.8, 4) is 28.7 Å². The molecule has 0 aliphatic rings. The van der Waals surface area contributed by atoms with Crippen molar-refractivity contribution in [3.63, 3.8) is 0 Å². The molecule has 1 N–H and O–H groups in total. The van der Waals surface area contributed by atoms with Crippen molar-refractivity contribution in [2.75, 3.05) is 13.2 Å². The fourth-order valence-electron chi connectivity index (χ4n) is 1.76. The van der Waals surface area contributed by atoms with Gasteiger partial charge in [0.25, 0.3) is 0 Å². The molecule has 2 aromatic rings. The Balaban J connectivity index is 2.02. The summed E-state index contributed by atoms with van der Waals surface area (Å²) < 4.78 is 5.41. The number of nitrogens with one attached hydrogen (secondary N) is 1. The molecule has 0 atom stereocenters. The van der Waals surface area contributed by atoms with Gasteiger partial charge in [-0.05, 0) is 31.2 Å². The minimum Gasteiger partial charge on any atom is -0.494 e. The molecule has 0 saturated carbocycles. The van der Waals surface area contributed by atoms with Crippen molar-refractivity contribution in [2.24, 2.45) is 0 Å². The van der Waals surface area contributed by atoms with Gasteiger partial charge in [0.2, 0.25) is 5.91 Å². The first-order valence-electron chi connectivity index (χ1n) is 6.60. The highest BCUT2D eigenvalue weighted by Crippen LogP contribution is 2.25. The Morgan fingerprint density at radius 3 is 2.86 bits per heavy atom. The Morgan fingerprint density at radius 2 is 2.19 bits per heavy atom. The van der Waals surface area contributed by atoms with Crippen LogP contribution in [0.1, 0.15) is 12.6 Å². The molecule has 0 fully saturated rings. The summed E-state index contributed by atoms with van der Waals surface area (Å²) in [5.74, 6) is 3.09. The summed E-state index contributed by atoms with van der Waals surface area (Å²) in [6.45, 7) is 2.84. The zero-order chi connectivity index (χ0) is 15.1. The summed E-state index contributed by atoms with van der Waals surface area (Å²) in [5.41, 5.74) is 1.76. The normalized spacial score (nSPS) is 9.90. The average Bonchev–Trinajstić information content (AvgIpc) is 2.94. The molecule has 0 radical (unpaired) electrons.